The lowest BCUT2D eigenvalue weighted by Gasteiger charge is -2.66. The van der Waals surface area contributed by atoms with Gasteiger partial charge < -0.3 is 0 Å². The fourth-order valence-electron chi connectivity index (χ4n) is 10.1. The number of rotatable bonds is 4. The maximum atomic E-state index is 2.75. The van der Waals surface area contributed by atoms with E-state index in [-0.39, 0.29) is 0 Å². The molecule has 4 aliphatic rings. The van der Waals surface area contributed by atoms with Gasteiger partial charge >= 0.3 is 0 Å². The van der Waals surface area contributed by atoms with Crippen molar-refractivity contribution in [3.8, 4) is 0 Å². The largest absolute Gasteiger partial charge is 0.0856 e. The summed E-state index contributed by atoms with van der Waals surface area (Å²) in [7, 11) is 0. The Morgan fingerprint density at radius 3 is 2.23 bits per heavy atom. The quantitative estimate of drug-likeness (QED) is 0.394. The third kappa shape index (κ3) is 3.71. The standard InChI is InChI=1S/C31H52/c1-9-23-17-19-31(8)27-14-13-25-24(22(4)12-10-11-21(2)3)18-20-30(25,7)26(27)15-16-28(31)29(23,5)6/h11,23,25-28H,9-10,12-20H2,1-8H3/b24-22-/t23?,25?,26?,27-,28?,30+,31-/m1/s1. The average Bonchev–Trinajstić information content (AvgIpc) is 3.05. The Kier molecular flexibility index (Phi) is 6.37. The maximum absolute atomic E-state index is 2.75. The highest BCUT2D eigenvalue weighted by Crippen LogP contribution is 2.71. The molecule has 4 rings (SSSR count). The van der Waals surface area contributed by atoms with Crippen molar-refractivity contribution in [1.82, 2.24) is 0 Å². The zero-order valence-electron chi connectivity index (χ0n) is 22.2. The predicted octanol–water partition coefficient (Wildman–Crippen LogP) is 9.75. The summed E-state index contributed by atoms with van der Waals surface area (Å²) in [4.78, 5) is 0. The minimum absolute atomic E-state index is 0.534. The van der Waals surface area contributed by atoms with Gasteiger partial charge in [0.15, 0.2) is 0 Å². The zero-order chi connectivity index (χ0) is 22.6. The molecule has 0 amide bonds. The van der Waals surface area contributed by atoms with Crippen LogP contribution < -0.4 is 0 Å². The Morgan fingerprint density at radius 2 is 1.55 bits per heavy atom. The van der Waals surface area contributed by atoms with Crippen LogP contribution in [0.3, 0.4) is 0 Å². The SMILES string of the molecule is CCC1CC[C@@]2(C)C(CCC3[C@H]2CCC2/C(=C(/C)CCC=C(C)C)CC[C@@]23C)C1(C)C. The van der Waals surface area contributed by atoms with E-state index >= 15 is 0 Å². The van der Waals surface area contributed by atoms with Crippen molar-refractivity contribution in [2.75, 3.05) is 0 Å². The highest BCUT2D eigenvalue weighted by molar-refractivity contribution is 5.27. The highest BCUT2D eigenvalue weighted by atomic mass is 14.7. The number of fused-ring (bicyclic) bond motifs is 5. The molecule has 0 saturated heterocycles. The van der Waals surface area contributed by atoms with E-state index in [2.05, 4.69) is 61.5 Å². The van der Waals surface area contributed by atoms with Crippen molar-refractivity contribution < 1.29 is 0 Å². The minimum Gasteiger partial charge on any atom is -0.0856 e. The van der Waals surface area contributed by atoms with Crippen LogP contribution >= 0.6 is 0 Å². The van der Waals surface area contributed by atoms with Crippen molar-refractivity contribution in [1.29, 1.82) is 0 Å². The average molecular weight is 425 g/mol. The molecule has 0 spiro atoms. The first kappa shape index (κ1) is 23.6. The lowest BCUT2D eigenvalue weighted by molar-refractivity contribution is -0.165. The monoisotopic (exact) mass is 424 g/mol. The molecular weight excluding hydrogens is 372 g/mol. The first-order valence-electron chi connectivity index (χ1n) is 13.9. The van der Waals surface area contributed by atoms with Gasteiger partial charge in [0.05, 0.1) is 0 Å². The Morgan fingerprint density at radius 1 is 0.871 bits per heavy atom. The molecule has 0 aromatic carbocycles. The summed E-state index contributed by atoms with van der Waals surface area (Å²) in [6, 6.07) is 0. The normalized spacial score (nSPS) is 45.4. The second kappa shape index (κ2) is 8.36. The van der Waals surface area contributed by atoms with Gasteiger partial charge in [-0.1, -0.05) is 63.8 Å². The second-order valence-electron chi connectivity index (χ2n) is 13.6. The first-order valence-corrected chi connectivity index (χ1v) is 13.9. The first-order chi connectivity index (χ1) is 14.6. The van der Waals surface area contributed by atoms with Crippen molar-refractivity contribution in [3.63, 3.8) is 0 Å². The van der Waals surface area contributed by atoms with Gasteiger partial charge in [0.2, 0.25) is 0 Å². The van der Waals surface area contributed by atoms with Crippen LogP contribution in [0.5, 0.6) is 0 Å². The van der Waals surface area contributed by atoms with Crippen molar-refractivity contribution in [2.24, 2.45) is 45.8 Å². The van der Waals surface area contributed by atoms with Gasteiger partial charge in [-0.25, -0.2) is 0 Å². The van der Waals surface area contributed by atoms with Crippen LogP contribution in [0.15, 0.2) is 22.8 Å². The summed E-state index contributed by atoms with van der Waals surface area (Å²) in [6.45, 7) is 20.2. The molecule has 7 atom stereocenters. The van der Waals surface area contributed by atoms with Gasteiger partial charge in [-0.3, -0.25) is 0 Å². The lowest BCUT2D eigenvalue weighted by Crippen LogP contribution is -2.58. The molecular formula is C31H52. The predicted molar refractivity (Wildman–Crippen MR) is 136 cm³/mol. The number of allylic oxidation sites excluding steroid dienone is 4. The van der Waals surface area contributed by atoms with Crippen molar-refractivity contribution in [2.45, 2.75) is 126 Å². The van der Waals surface area contributed by atoms with Crippen molar-refractivity contribution >= 4 is 0 Å². The fraction of sp³-hybridized carbons (Fsp3) is 0.871. The van der Waals surface area contributed by atoms with E-state index in [1.807, 2.05) is 5.57 Å². The Labute approximate surface area is 194 Å². The van der Waals surface area contributed by atoms with Gasteiger partial charge in [0.1, 0.15) is 0 Å². The molecule has 0 nitrogen and oxygen atoms in total. The summed E-state index contributed by atoms with van der Waals surface area (Å²) >= 11 is 0. The fourth-order valence-corrected chi connectivity index (χ4v) is 10.1. The van der Waals surface area contributed by atoms with E-state index in [1.165, 1.54) is 76.2 Å². The summed E-state index contributed by atoms with van der Waals surface area (Å²) in [5.74, 6) is 4.74. The minimum atomic E-state index is 0.534. The van der Waals surface area contributed by atoms with Gasteiger partial charge in [-0.2, -0.15) is 0 Å². The third-order valence-corrected chi connectivity index (χ3v) is 11.8. The van der Waals surface area contributed by atoms with Crippen LogP contribution in [-0.4, -0.2) is 0 Å². The van der Waals surface area contributed by atoms with Crippen LogP contribution in [-0.2, 0) is 0 Å². The molecule has 0 N–H and O–H groups in total. The van der Waals surface area contributed by atoms with E-state index in [1.54, 1.807) is 5.57 Å². The van der Waals surface area contributed by atoms with Gasteiger partial charge in [-0.15, -0.1) is 0 Å². The molecule has 4 fully saturated rings. The van der Waals surface area contributed by atoms with E-state index in [9.17, 15) is 0 Å². The van der Waals surface area contributed by atoms with E-state index in [4.69, 9.17) is 0 Å². The lowest BCUT2D eigenvalue weighted by atomic mass is 9.39. The number of hydrogen-bond acceptors (Lipinski definition) is 0. The molecule has 0 aliphatic heterocycles. The molecule has 31 heavy (non-hydrogen) atoms. The molecule has 4 aliphatic carbocycles. The summed E-state index contributed by atoms with van der Waals surface area (Å²) in [5, 5.41) is 0. The Bertz CT molecular complexity index is 731. The molecule has 0 heterocycles. The van der Waals surface area contributed by atoms with Crippen molar-refractivity contribution in [3.05, 3.63) is 22.8 Å². The zero-order valence-corrected chi connectivity index (χ0v) is 22.2. The van der Waals surface area contributed by atoms with Gasteiger partial charge in [0.25, 0.3) is 0 Å². The molecule has 0 bridgehead atoms. The van der Waals surface area contributed by atoms with Crippen LogP contribution in [0.1, 0.15) is 126 Å². The topological polar surface area (TPSA) is 0 Å². The molecule has 0 heteroatoms. The summed E-state index contributed by atoms with van der Waals surface area (Å²) in [5.41, 5.74) is 6.82. The third-order valence-electron chi connectivity index (χ3n) is 11.8. The van der Waals surface area contributed by atoms with Gasteiger partial charge in [0, 0.05) is 0 Å². The van der Waals surface area contributed by atoms with Crippen LogP contribution in [0.2, 0.25) is 0 Å². The molecule has 0 aromatic heterocycles. The Hall–Kier alpha value is -0.520. The van der Waals surface area contributed by atoms with Crippen LogP contribution in [0.25, 0.3) is 0 Å². The van der Waals surface area contributed by atoms with Gasteiger partial charge in [-0.05, 0) is 131 Å². The van der Waals surface area contributed by atoms with E-state index < -0.39 is 0 Å². The Balaban J connectivity index is 1.58. The summed E-state index contributed by atoms with van der Waals surface area (Å²) in [6.07, 6.45) is 18.2. The van der Waals surface area contributed by atoms with Crippen LogP contribution in [0, 0.1) is 45.8 Å². The maximum Gasteiger partial charge on any atom is -0.0144 e. The summed E-state index contributed by atoms with van der Waals surface area (Å²) < 4.78 is 0. The molecule has 4 saturated carbocycles. The van der Waals surface area contributed by atoms with E-state index in [0.29, 0.717) is 16.2 Å². The molecule has 0 aromatic rings. The van der Waals surface area contributed by atoms with Crippen LogP contribution in [0.4, 0.5) is 0 Å². The smallest absolute Gasteiger partial charge is 0.0144 e. The highest BCUT2D eigenvalue weighted by Gasteiger charge is 2.62. The molecule has 0 radical (unpaired) electrons. The molecule has 176 valence electrons. The van der Waals surface area contributed by atoms with E-state index in [0.717, 1.165) is 29.6 Å². The number of hydrogen-bond donors (Lipinski definition) is 0. The molecule has 4 unspecified atom stereocenters. The second-order valence-corrected chi connectivity index (χ2v) is 13.6.